The van der Waals surface area contributed by atoms with Gasteiger partial charge in [0.15, 0.2) is 5.13 Å². The molecule has 1 aliphatic heterocycles. The summed E-state index contributed by atoms with van der Waals surface area (Å²) in [6.07, 6.45) is 0. The highest BCUT2D eigenvalue weighted by atomic mass is 32.2. The Labute approximate surface area is 118 Å². The molecule has 1 saturated heterocycles. The van der Waals surface area contributed by atoms with Crippen LogP contribution in [0.25, 0.3) is 0 Å². The van der Waals surface area contributed by atoms with Crippen LogP contribution in [0.3, 0.4) is 0 Å². The first-order chi connectivity index (χ1) is 8.43. The molecule has 1 atom stereocenters. The number of thiazole rings is 1. The van der Waals surface area contributed by atoms with Gasteiger partial charge in [0.1, 0.15) is 0 Å². The normalized spacial score (nSPS) is 21.4. The second kappa shape index (κ2) is 5.39. The summed E-state index contributed by atoms with van der Waals surface area (Å²) in [5.41, 5.74) is 7.13. The second-order valence-electron chi connectivity index (χ2n) is 5.84. The Morgan fingerprint density at radius 3 is 2.67 bits per heavy atom. The summed E-state index contributed by atoms with van der Waals surface area (Å²) in [5.74, 6) is 2.40. The molecule has 2 heterocycles. The van der Waals surface area contributed by atoms with Gasteiger partial charge in [-0.2, -0.15) is 11.8 Å². The van der Waals surface area contributed by atoms with E-state index in [9.17, 15) is 0 Å². The maximum atomic E-state index is 5.87. The lowest BCUT2D eigenvalue weighted by Crippen LogP contribution is -2.40. The van der Waals surface area contributed by atoms with E-state index in [0.29, 0.717) is 12.6 Å². The topological polar surface area (TPSA) is 42.2 Å². The fourth-order valence-electron chi connectivity index (χ4n) is 2.20. The summed E-state index contributed by atoms with van der Waals surface area (Å²) in [6, 6.07) is 0.577. The van der Waals surface area contributed by atoms with Gasteiger partial charge >= 0.3 is 0 Å². The summed E-state index contributed by atoms with van der Waals surface area (Å²) in [4.78, 5) is 8.56. The molecule has 2 rings (SSSR count). The molecule has 18 heavy (non-hydrogen) atoms. The Hall–Kier alpha value is -0.260. The lowest BCUT2D eigenvalue weighted by atomic mass is 9.91. The lowest BCUT2D eigenvalue weighted by molar-refractivity contribution is 0.564. The molecule has 2 N–H and O–H groups in total. The van der Waals surface area contributed by atoms with E-state index in [1.165, 1.54) is 22.1 Å². The summed E-state index contributed by atoms with van der Waals surface area (Å²) >= 11 is 3.81. The van der Waals surface area contributed by atoms with Crippen LogP contribution >= 0.6 is 23.1 Å². The monoisotopic (exact) mass is 285 g/mol. The van der Waals surface area contributed by atoms with Gasteiger partial charge in [-0.05, 0) is 6.92 Å². The van der Waals surface area contributed by atoms with Gasteiger partial charge in [0.25, 0.3) is 0 Å². The van der Waals surface area contributed by atoms with Gasteiger partial charge in [-0.15, -0.1) is 11.3 Å². The molecule has 0 aliphatic carbocycles. The van der Waals surface area contributed by atoms with Crippen LogP contribution in [0.4, 0.5) is 5.13 Å². The SMILES string of the molecule is CC1CSCCN1c1nc(C(C)(C)C)c(CN)s1. The van der Waals surface area contributed by atoms with Gasteiger partial charge in [0.2, 0.25) is 0 Å². The van der Waals surface area contributed by atoms with Crippen molar-refractivity contribution in [1.82, 2.24) is 4.98 Å². The van der Waals surface area contributed by atoms with Crippen molar-refractivity contribution in [2.75, 3.05) is 23.0 Å². The average Bonchev–Trinajstić information content (AvgIpc) is 2.73. The molecule has 1 aliphatic rings. The molecular formula is C13H23N3S2. The summed E-state index contributed by atoms with van der Waals surface area (Å²) < 4.78 is 0. The van der Waals surface area contributed by atoms with Gasteiger partial charge in [-0.3, -0.25) is 0 Å². The number of thioether (sulfide) groups is 1. The van der Waals surface area contributed by atoms with E-state index in [0.717, 1.165) is 11.7 Å². The number of aromatic nitrogens is 1. The maximum absolute atomic E-state index is 5.87. The van der Waals surface area contributed by atoms with Crippen LogP contribution in [-0.2, 0) is 12.0 Å². The summed E-state index contributed by atoms with van der Waals surface area (Å²) in [7, 11) is 0. The van der Waals surface area contributed by atoms with Crippen molar-refractivity contribution in [2.24, 2.45) is 5.73 Å². The van der Waals surface area contributed by atoms with E-state index < -0.39 is 0 Å². The quantitative estimate of drug-likeness (QED) is 0.907. The molecular weight excluding hydrogens is 262 g/mol. The van der Waals surface area contributed by atoms with Gasteiger partial charge in [0.05, 0.1) is 5.69 Å². The molecule has 1 aromatic rings. The predicted molar refractivity (Wildman–Crippen MR) is 82.8 cm³/mol. The Morgan fingerprint density at radius 2 is 2.17 bits per heavy atom. The number of anilines is 1. The maximum Gasteiger partial charge on any atom is 0.186 e. The standard InChI is InChI=1S/C13H23N3S2/c1-9-8-17-6-5-16(9)12-15-11(13(2,3)4)10(7-14)18-12/h9H,5-8,14H2,1-4H3. The van der Waals surface area contributed by atoms with Crippen molar-refractivity contribution in [3.8, 4) is 0 Å². The van der Waals surface area contributed by atoms with Crippen LogP contribution < -0.4 is 10.6 Å². The third kappa shape index (κ3) is 2.83. The Kier molecular flexibility index (Phi) is 4.24. The zero-order chi connectivity index (χ0) is 13.3. The minimum Gasteiger partial charge on any atom is -0.344 e. The van der Waals surface area contributed by atoms with Crippen molar-refractivity contribution in [2.45, 2.75) is 45.7 Å². The summed E-state index contributed by atoms with van der Waals surface area (Å²) in [6.45, 7) is 10.6. The number of nitrogens with two attached hydrogens (primary N) is 1. The first kappa shape index (κ1) is 14.2. The van der Waals surface area contributed by atoms with Crippen LogP contribution in [-0.4, -0.2) is 29.1 Å². The van der Waals surface area contributed by atoms with Crippen molar-refractivity contribution in [3.05, 3.63) is 10.6 Å². The molecule has 3 nitrogen and oxygen atoms in total. The molecule has 1 aromatic heterocycles. The van der Waals surface area contributed by atoms with Gasteiger partial charge in [-0.25, -0.2) is 4.98 Å². The molecule has 0 radical (unpaired) electrons. The fourth-order valence-corrected chi connectivity index (χ4v) is 4.49. The number of hydrogen-bond acceptors (Lipinski definition) is 5. The van der Waals surface area contributed by atoms with Crippen molar-refractivity contribution in [3.63, 3.8) is 0 Å². The van der Waals surface area contributed by atoms with Crippen LogP contribution in [0, 0.1) is 0 Å². The number of hydrogen-bond donors (Lipinski definition) is 1. The Bertz CT molecular complexity index is 409. The van der Waals surface area contributed by atoms with Crippen molar-refractivity contribution in [1.29, 1.82) is 0 Å². The highest BCUT2D eigenvalue weighted by molar-refractivity contribution is 7.99. The van der Waals surface area contributed by atoms with Gasteiger partial charge < -0.3 is 10.6 Å². The zero-order valence-electron chi connectivity index (χ0n) is 11.7. The Balaban J connectivity index is 2.31. The van der Waals surface area contributed by atoms with E-state index in [1.807, 2.05) is 11.8 Å². The summed E-state index contributed by atoms with van der Waals surface area (Å²) in [5, 5.41) is 1.16. The van der Waals surface area contributed by atoms with Gasteiger partial charge in [-0.1, -0.05) is 20.8 Å². The van der Waals surface area contributed by atoms with Crippen molar-refractivity contribution < 1.29 is 0 Å². The molecule has 0 amide bonds. The molecule has 0 saturated carbocycles. The first-order valence-corrected chi connectivity index (χ1v) is 8.45. The molecule has 0 aromatic carbocycles. The van der Waals surface area contributed by atoms with Crippen LogP contribution in [0.2, 0.25) is 0 Å². The molecule has 1 fully saturated rings. The van der Waals surface area contributed by atoms with E-state index in [1.54, 1.807) is 11.3 Å². The van der Waals surface area contributed by atoms with E-state index in [4.69, 9.17) is 10.7 Å². The fraction of sp³-hybridized carbons (Fsp3) is 0.769. The molecule has 5 heteroatoms. The van der Waals surface area contributed by atoms with Crippen LogP contribution in [0.15, 0.2) is 0 Å². The minimum absolute atomic E-state index is 0.0806. The molecule has 102 valence electrons. The zero-order valence-corrected chi connectivity index (χ0v) is 13.3. The minimum atomic E-state index is 0.0806. The molecule has 0 bridgehead atoms. The third-order valence-electron chi connectivity index (χ3n) is 3.20. The Morgan fingerprint density at radius 1 is 1.44 bits per heavy atom. The lowest BCUT2D eigenvalue weighted by Gasteiger charge is -2.32. The molecule has 1 unspecified atom stereocenters. The van der Waals surface area contributed by atoms with Crippen LogP contribution in [0.1, 0.15) is 38.3 Å². The largest absolute Gasteiger partial charge is 0.344 e. The van der Waals surface area contributed by atoms with E-state index >= 15 is 0 Å². The predicted octanol–water partition coefficient (Wildman–Crippen LogP) is 2.84. The average molecular weight is 285 g/mol. The number of rotatable bonds is 2. The first-order valence-electron chi connectivity index (χ1n) is 6.48. The second-order valence-corrected chi connectivity index (χ2v) is 8.05. The highest BCUT2D eigenvalue weighted by Crippen LogP contribution is 2.35. The van der Waals surface area contributed by atoms with Gasteiger partial charge in [0, 0.05) is 40.9 Å². The highest BCUT2D eigenvalue weighted by Gasteiger charge is 2.27. The number of nitrogens with zero attached hydrogens (tertiary/aromatic N) is 2. The van der Waals surface area contributed by atoms with Crippen molar-refractivity contribution >= 4 is 28.2 Å². The van der Waals surface area contributed by atoms with Crippen LogP contribution in [0.5, 0.6) is 0 Å². The van der Waals surface area contributed by atoms with E-state index in [2.05, 4.69) is 32.6 Å². The smallest absolute Gasteiger partial charge is 0.186 e. The molecule has 0 spiro atoms. The third-order valence-corrected chi connectivity index (χ3v) is 5.50. The van der Waals surface area contributed by atoms with E-state index in [-0.39, 0.29) is 5.41 Å².